The summed E-state index contributed by atoms with van der Waals surface area (Å²) in [6.45, 7) is 9.74. The van der Waals surface area contributed by atoms with Crippen molar-refractivity contribution in [3.05, 3.63) is 0 Å². The van der Waals surface area contributed by atoms with Gasteiger partial charge in [0.1, 0.15) is 0 Å². The highest BCUT2D eigenvalue weighted by molar-refractivity contribution is 4.71. The molecule has 1 fully saturated rings. The molecule has 1 aliphatic rings. The number of nitrogens with zero attached hydrogens (tertiary/aromatic N) is 1. The lowest BCUT2D eigenvalue weighted by Gasteiger charge is -2.29. The Balaban J connectivity index is 0.000000371. The lowest BCUT2D eigenvalue weighted by atomic mass is 10.2. The van der Waals surface area contributed by atoms with E-state index < -0.39 is 0 Å². The SMILES string of the molecule is CC.CC1CNCCN1C. The number of nitrogens with one attached hydrogen (secondary N) is 1. The highest BCUT2D eigenvalue weighted by Gasteiger charge is 2.11. The second-order valence-corrected chi connectivity index (χ2v) is 2.53. The molecule has 0 radical (unpaired) electrons. The molecular weight excluding hydrogens is 124 g/mol. The van der Waals surface area contributed by atoms with Crippen molar-refractivity contribution in [2.45, 2.75) is 26.8 Å². The summed E-state index contributed by atoms with van der Waals surface area (Å²) in [6.07, 6.45) is 0. The van der Waals surface area contributed by atoms with Gasteiger partial charge in [-0.05, 0) is 14.0 Å². The summed E-state index contributed by atoms with van der Waals surface area (Å²) in [5.74, 6) is 0. The van der Waals surface area contributed by atoms with E-state index in [0.717, 1.165) is 19.1 Å². The minimum atomic E-state index is 0.726. The molecule has 2 heteroatoms. The molecule has 1 N–H and O–H groups in total. The maximum atomic E-state index is 3.32. The van der Waals surface area contributed by atoms with Gasteiger partial charge in [-0.2, -0.15) is 0 Å². The van der Waals surface area contributed by atoms with E-state index in [0.29, 0.717) is 0 Å². The summed E-state index contributed by atoms with van der Waals surface area (Å²) >= 11 is 0. The minimum Gasteiger partial charge on any atom is -0.314 e. The van der Waals surface area contributed by atoms with E-state index in [4.69, 9.17) is 0 Å². The molecule has 1 heterocycles. The summed E-state index contributed by atoms with van der Waals surface area (Å²) in [4.78, 5) is 2.37. The van der Waals surface area contributed by atoms with Crippen molar-refractivity contribution in [3.63, 3.8) is 0 Å². The molecule has 0 bridgehead atoms. The minimum absolute atomic E-state index is 0.726. The van der Waals surface area contributed by atoms with Crippen LogP contribution >= 0.6 is 0 Å². The average Bonchev–Trinajstić information content (AvgIpc) is 2.00. The first-order valence-corrected chi connectivity index (χ1v) is 4.21. The van der Waals surface area contributed by atoms with E-state index >= 15 is 0 Å². The Morgan fingerprint density at radius 2 is 2.00 bits per heavy atom. The van der Waals surface area contributed by atoms with Crippen LogP contribution in [0.4, 0.5) is 0 Å². The van der Waals surface area contributed by atoms with E-state index in [9.17, 15) is 0 Å². The van der Waals surface area contributed by atoms with Crippen molar-refractivity contribution >= 4 is 0 Å². The number of piperazine rings is 1. The van der Waals surface area contributed by atoms with Crippen LogP contribution in [0, 0.1) is 0 Å². The summed E-state index contributed by atoms with van der Waals surface area (Å²) in [5.41, 5.74) is 0. The van der Waals surface area contributed by atoms with Crippen molar-refractivity contribution in [1.29, 1.82) is 0 Å². The van der Waals surface area contributed by atoms with Crippen molar-refractivity contribution in [2.24, 2.45) is 0 Å². The highest BCUT2D eigenvalue weighted by Crippen LogP contribution is 1.95. The van der Waals surface area contributed by atoms with Crippen LogP contribution in [-0.2, 0) is 0 Å². The Morgan fingerprint density at radius 3 is 2.30 bits per heavy atom. The molecule has 0 aliphatic carbocycles. The van der Waals surface area contributed by atoms with Crippen LogP contribution in [0.15, 0.2) is 0 Å². The fourth-order valence-corrected chi connectivity index (χ4v) is 0.943. The first-order valence-electron chi connectivity index (χ1n) is 4.21. The van der Waals surface area contributed by atoms with Gasteiger partial charge >= 0.3 is 0 Å². The largest absolute Gasteiger partial charge is 0.314 e. The van der Waals surface area contributed by atoms with Crippen LogP contribution in [-0.4, -0.2) is 37.6 Å². The summed E-state index contributed by atoms with van der Waals surface area (Å²) < 4.78 is 0. The highest BCUT2D eigenvalue weighted by atomic mass is 15.2. The predicted molar refractivity (Wildman–Crippen MR) is 46.3 cm³/mol. The van der Waals surface area contributed by atoms with Crippen LogP contribution in [0.2, 0.25) is 0 Å². The van der Waals surface area contributed by atoms with Crippen molar-refractivity contribution < 1.29 is 0 Å². The molecule has 62 valence electrons. The van der Waals surface area contributed by atoms with Crippen molar-refractivity contribution in [1.82, 2.24) is 10.2 Å². The zero-order chi connectivity index (χ0) is 7.98. The average molecular weight is 144 g/mol. The van der Waals surface area contributed by atoms with Crippen LogP contribution in [0.3, 0.4) is 0 Å². The molecule has 10 heavy (non-hydrogen) atoms. The van der Waals surface area contributed by atoms with E-state index in [1.165, 1.54) is 6.54 Å². The van der Waals surface area contributed by atoms with Gasteiger partial charge < -0.3 is 10.2 Å². The van der Waals surface area contributed by atoms with Crippen LogP contribution in [0.1, 0.15) is 20.8 Å². The Labute approximate surface area is 64.6 Å². The van der Waals surface area contributed by atoms with Crippen LogP contribution < -0.4 is 5.32 Å². The zero-order valence-electron chi connectivity index (χ0n) is 7.65. The fraction of sp³-hybridized carbons (Fsp3) is 1.00. The number of hydrogen-bond donors (Lipinski definition) is 1. The third-order valence-electron chi connectivity index (χ3n) is 1.83. The molecule has 1 atom stereocenters. The van der Waals surface area contributed by atoms with Gasteiger partial charge in [0.2, 0.25) is 0 Å². The summed E-state index contributed by atoms with van der Waals surface area (Å²) in [5, 5.41) is 3.32. The lowest BCUT2D eigenvalue weighted by molar-refractivity contribution is 0.215. The fourth-order valence-electron chi connectivity index (χ4n) is 0.943. The molecule has 0 saturated carbocycles. The predicted octanol–water partition coefficient (Wildman–Crippen LogP) is 0.936. The van der Waals surface area contributed by atoms with Gasteiger partial charge in [0.15, 0.2) is 0 Å². The molecule has 0 spiro atoms. The van der Waals surface area contributed by atoms with Gasteiger partial charge in [0.25, 0.3) is 0 Å². The Bertz CT molecular complexity index is 63.7. The smallest absolute Gasteiger partial charge is 0.0189 e. The number of likely N-dealkylation sites (N-methyl/N-ethyl adjacent to an activating group) is 1. The van der Waals surface area contributed by atoms with Gasteiger partial charge in [0.05, 0.1) is 0 Å². The zero-order valence-corrected chi connectivity index (χ0v) is 7.65. The van der Waals surface area contributed by atoms with Gasteiger partial charge in [-0.1, -0.05) is 13.8 Å². The Hall–Kier alpha value is -0.0800. The third-order valence-corrected chi connectivity index (χ3v) is 1.83. The molecule has 2 nitrogen and oxygen atoms in total. The monoisotopic (exact) mass is 144 g/mol. The first-order chi connectivity index (χ1) is 4.80. The van der Waals surface area contributed by atoms with Gasteiger partial charge in [-0.25, -0.2) is 0 Å². The maximum Gasteiger partial charge on any atom is 0.0189 e. The molecule has 0 amide bonds. The molecule has 1 saturated heterocycles. The summed E-state index contributed by atoms with van der Waals surface area (Å²) in [7, 11) is 2.17. The number of hydrogen-bond acceptors (Lipinski definition) is 2. The standard InChI is InChI=1S/C6H14N2.C2H6/c1-6-5-7-3-4-8(6)2;1-2/h6-7H,3-5H2,1-2H3;1-2H3. The van der Waals surface area contributed by atoms with Gasteiger partial charge in [-0.15, -0.1) is 0 Å². The van der Waals surface area contributed by atoms with E-state index in [2.05, 4.69) is 24.2 Å². The molecule has 1 unspecified atom stereocenters. The molecule has 1 rings (SSSR count). The normalized spacial score (nSPS) is 27.0. The molecule has 0 aromatic heterocycles. The quantitative estimate of drug-likeness (QED) is 0.544. The van der Waals surface area contributed by atoms with E-state index in [1.54, 1.807) is 0 Å². The Kier molecular flexibility index (Phi) is 5.64. The van der Waals surface area contributed by atoms with Crippen LogP contribution in [0.25, 0.3) is 0 Å². The molecule has 0 aromatic carbocycles. The third kappa shape index (κ3) is 3.18. The molecule has 0 aromatic rings. The first kappa shape index (κ1) is 9.92. The van der Waals surface area contributed by atoms with Crippen molar-refractivity contribution in [2.75, 3.05) is 26.7 Å². The van der Waals surface area contributed by atoms with Gasteiger partial charge in [0, 0.05) is 25.7 Å². The topological polar surface area (TPSA) is 15.3 Å². The molecule has 1 aliphatic heterocycles. The summed E-state index contributed by atoms with van der Waals surface area (Å²) in [6, 6.07) is 0.726. The molecular formula is C8H20N2. The van der Waals surface area contributed by atoms with E-state index in [1.807, 2.05) is 13.8 Å². The lowest BCUT2D eigenvalue weighted by Crippen LogP contribution is -2.47. The van der Waals surface area contributed by atoms with E-state index in [-0.39, 0.29) is 0 Å². The Morgan fingerprint density at radius 1 is 1.40 bits per heavy atom. The maximum absolute atomic E-state index is 3.32. The van der Waals surface area contributed by atoms with Crippen LogP contribution in [0.5, 0.6) is 0 Å². The van der Waals surface area contributed by atoms with Crippen molar-refractivity contribution in [3.8, 4) is 0 Å². The second kappa shape index (κ2) is 5.69. The van der Waals surface area contributed by atoms with Gasteiger partial charge in [-0.3, -0.25) is 0 Å². The number of rotatable bonds is 0. The second-order valence-electron chi connectivity index (χ2n) is 2.53.